The molecule has 0 saturated heterocycles. The van der Waals surface area contributed by atoms with E-state index >= 15 is 0 Å². The number of anilines is 1. The van der Waals surface area contributed by atoms with Crippen LogP contribution in [0.25, 0.3) is 0 Å². The Morgan fingerprint density at radius 1 is 1.15 bits per heavy atom. The normalized spacial score (nSPS) is 13.1. The first-order valence-electron chi connectivity index (χ1n) is 6.53. The molecule has 20 heavy (non-hydrogen) atoms. The van der Waals surface area contributed by atoms with Crippen molar-refractivity contribution in [1.82, 2.24) is 5.32 Å². The van der Waals surface area contributed by atoms with Gasteiger partial charge in [0.25, 0.3) is 5.91 Å². The van der Waals surface area contributed by atoms with E-state index in [1.165, 1.54) is 11.1 Å². The summed E-state index contributed by atoms with van der Waals surface area (Å²) in [4.78, 5) is 12.3. The summed E-state index contributed by atoms with van der Waals surface area (Å²) in [5.74, 6) is -0.0720. The van der Waals surface area contributed by atoms with Gasteiger partial charge in [-0.25, -0.2) is 0 Å². The number of benzene rings is 2. The van der Waals surface area contributed by atoms with Gasteiger partial charge >= 0.3 is 0 Å². The van der Waals surface area contributed by atoms with Gasteiger partial charge in [0, 0.05) is 28.8 Å². The van der Waals surface area contributed by atoms with Crippen molar-refractivity contribution in [3.8, 4) is 0 Å². The van der Waals surface area contributed by atoms with Crippen LogP contribution in [0.3, 0.4) is 0 Å². The van der Waals surface area contributed by atoms with Gasteiger partial charge in [-0.1, -0.05) is 22.0 Å². The Balaban J connectivity index is 1.82. The predicted molar refractivity (Wildman–Crippen MR) is 83.8 cm³/mol. The maximum absolute atomic E-state index is 12.3. The van der Waals surface area contributed by atoms with E-state index in [0.717, 1.165) is 28.8 Å². The highest BCUT2D eigenvalue weighted by molar-refractivity contribution is 9.10. The molecule has 0 spiro atoms. The lowest BCUT2D eigenvalue weighted by Crippen LogP contribution is -2.12. The molecule has 0 aliphatic carbocycles. The fraction of sp³-hybridized carbons (Fsp3) is 0.188. The molecule has 4 heteroatoms. The third-order valence-corrected chi connectivity index (χ3v) is 3.86. The molecule has 3 rings (SSSR count). The predicted octanol–water partition coefficient (Wildman–Crippen LogP) is 3.61. The molecule has 1 heterocycles. The maximum Gasteiger partial charge on any atom is 0.255 e. The Kier molecular flexibility index (Phi) is 3.59. The van der Waals surface area contributed by atoms with Crippen molar-refractivity contribution < 1.29 is 4.79 Å². The lowest BCUT2D eigenvalue weighted by Gasteiger charge is -2.08. The van der Waals surface area contributed by atoms with Gasteiger partial charge in [-0.3, -0.25) is 4.79 Å². The summed E-state index contributed by atoms with van der Waals surface area (Å²) in [6.07, 6.45) is 0. The van der Waals surface area contributed by atoms with E-state index in [4.69, 9.17) is 0 Å². The minimum Gasteiger partial charge on any atom is -0.322 e. The zero-order chi connectivity index (χ0) is 14.1. The van der Waals surface area contributed by atoms with E-state index in [9.17, 15) is 4.79 Å². The van der Waals surface area contributed by atoms with Crippen LogP contribution >= 0.6 is 15.9 Å². The van der Waals surface area contributed by atoms with Crippen LogP contribution in [0.1, 0.15) is 27.0 Å². The monoisotopic (exact) mass is 330 g/mol. The fourth-order valence-electron chi connectivity index (χ4n) is 2.45. The maximum atomic E-state index is 12.3. The Labute approximate surface area is 126 Å². The summed E-state index contributed by atoms with van der Waals surface area (Å²) in [5, 5.41) is 6.22. The van der Waals surface area contributed by atoms with Gasteiger partial charge in [0.15, 0.2) is 0 Å². The minimum atomic E-state index is -0.0720. The number of fused-ring (bicyclic) bond motifs is 1. The van der Waals surface area contributed by atoms with Gasteiger partial charge in [0.05, 0.1) is 0 Å². The van der Waals surface area contributed by atoms with Crippen LogP contribution in [-0.2, 0) is 13.1 Å². The molecule has 1 aliphatic heterocycles. The number of nitrogens with one attached hydrogen (secondary N) is 2. The molecule has 2 aromatic rings. The molecular formula is C16H15BrN2O. The van der Waals surface area contributed by atoms with Crippen molar-refractivity contribution in [2.45, 2.75) is 20.0 Å². The van der Waals surface area contributed by atoms with Gasteiger partial charge in [0.2, 0.25) is 0 Å². The number of aryl methyl sites for hydroxylation is 1. The second-order valence-electron chi connectivity index (χ2n) is 5.06. The van der Waals surface area contributed by atoms with E-state index in [0.29, 0.717) is 5.56 Å². The van der Waals surface area contributed by atoms with Gasteiger partial charge in [-0.05, 0) is 53.9 Å². The second-order valence-corrected chi connectivity index (χ2v) is 5.97. The van der Waals surface area contributed by atoms with Crippen molar-refractivity contribution in [2.24, 2.45) is 0 Å². The molecule has 1 aliphatic rings. The molecule has 0 saturated carbocycles. The number of amides is 1. The molecule has 102 valence electrons. The number of hydrogen-bond acceptors (Lipinski definition) is 2. The summed E-state index contributed by atoms with van der Waals surface area (Å²) in [6, 6.07) is 11.7. The Morgan fingerprint density at radius 2 is 1.95 bits per heavy atom. The molecule has 0 unspecified atom stereocenters. The Morgan fingerprint density at radius 3 is 2.75 bits per heavy atom. The molecule has 0 atom stereocenters. The van der Waals surface area contributed by atoms with Crippen LogP contribution < -0.4 is 10.6 Å². The van der Waals surface area contributed by atoms with E-state index in [-0.39, 0.29) is 5.91 Å². The number of halogens is 1. The summed E-state index contributed by atoms with van der Waals surface area (Å²) >= 11 is 3.44. The average Bonchev–Trinajstić information content (AvgIpc) is 2.84. The van der Waals surface area contributed by atoms with Crippen molar-refractivity contribution in [3.05, 3.63) is 63.1 Å². The van der Waals surface area contributed by atoms with Crippen molar-refractivity contribution >= 4 is 27.5 Å². The number of rotatable bonds is 2. The third-order valence-electron chi connectivity index (χ3n) is 3.40. The first kappa shape index (κ1) is 13.3. The smallest absolute Gasteiger partial charge is 0.255 e. The first-order valence-corrected chi connectivity index (χ1v) is 7.32. The fourth-order valence-corrected chi connectivity index (χ4v) is 3.06. The second kappa shape index (κ2) is 5.38. The van der Waals surface area contributed by atoms with E-state index in [1.54, 1.807) is 0 Å². The molecule has 1 amide bonds. The van der Waals surface area contributed by atoms with E-state index in [2.05, 4.69) is 26.6 Å². The number of carbonyl (C=O) groups is 1. The van der Waals surface area contributed by atoms with Crippen LogP contribution in [0.4, 0.5) is 5.69 Å². The summed E-state index contributed by atoms with van der Waals surface area (Å²) in [7, 11) is 0. The first-order chi connectivity index (χ1) is 9.61. The van der Waals surface area contributed by atoms with E-state index in [1.807, 2.05) is 43.3 Å². The third kappa shape index (κ3) is 2.76. The molecule has 0 radical (unpaired) electrons. The molecular weight excluding hydrogens is 316 g/mol. The number of carbonyl (C=O) groups excluding carboxylic acids is 1. The average molecular weight is 331 g/mol. The van der Waals surface area contributed by atoms with Gasteiger partial charge in [-0.15, -0.1) is 0 Å². The summed E-state index contributed by atoms with van der Waals surface area (Å²) in [6.45, 7) is 3.73. The lowest BCUT2D eigenvalue weighted by molar-refractivity contribution is 0.102. The molecule has 0 aromatic heterocycles. The van der Waals surface area contributed by atoms with Gasteiger partial charge in [0.1, 0.15) is 0 Å². The highest BCUT2D eigenvalue weighted by Crippen LogP contribution is 2.21. The minimum absolute atomic E-state index is 0.0720. The van der Waals surface area contributed by atoms with Crippen LogP contribution in [0, 0.1) is 6.92 Å². The van der Waals surface area contributed by atoms with Crippen LogP contribution in [0.5, 0.6) is 0 Å². The molecule has 3 nitrogen and oxygen atoms in total. The quantitative estimate of drug-likeness (QED) is 0.883. The Hall–Kier alpha value is -1.65. The van der Waals surface area contributed by atoms with Crippen LogP contribution in [-0.4, -0.2) is 5.91 Å². The highest BCUT2D eigenvalue weighted by Gasteiger charge is 2.13. The van der Waals surface area contributed by atoms with Crippen molar-refractivity contribution in [1.29, 1.82) is 0 Å². The molecule has 2 aromatic carbocycles. The van der Waals surface area contributed by atoms with Crippen LogP contribution in [0.15, 0.2) is 40.9 Å². The standard InChI is InChI=1S/C16H15BrN2O/c1-10-4-14(17)7-15(5-10)19-16(20)11-2-3-12-8-18-9-13(12)6-11/h2-7,18H,8-9H2,1H3,(H,19,20). The SMILES string of the molecule is Cc1cc(Br)cc(NC(=O)c2ccc3c(c2)CNC3)c1. The number of hydrogen-bond donors (Lipinski definition) is 2. The van der Waals surface area contributed by atoms with Crippen molar-refractivity contribution in [2.75, 3.05) is 5.32 Å². The largest absolute Gasteiger partial charge is 0.322 e. The molecule has 2 N–H and O–H groups in total. The molecule has 0 bridgehead atoms. The Bertz CT molecular complexity index is 662. The summed E-state index contributed by atoms with van der Waals surface area (Å²) in [5.41, 5.74) is 5.10. The van der Waals surface area contributed by atoms with Crippen molar-refractivity contribution in [3.63, 3.8) is 0 Å². The van der Waals surface area contributed by atoms with Gasteiger partial charge in [-0.2, -0.15) is 0 Å². The summed E-state index contributed by atoms with van der Waals surface area (Å²) < 4.78 is 0.964. The van der Waals surface area contributed by atoms with Gasteiger partial charge < -0.3 is 10.6 Å². The topological polar surface area (TPSA) is 41.1 Å². The van der Waals surface area contributed by atoms with E-state index < -0.39 is 0 Å². The zero-order valence-corrected chi connectivity index (χ0v) is 12.8. The zero-order valence-electron chi connectivity index (χ0n) is 11.2. The molecule has 0 fully saturated rings. The highest BCUT2D eigenvalue weighted by atomic mass is 79.9. The lowest BCUT2D eigenvalue weighted by atomic mass is 10.1. The van der Waals surface area contributed by atoms with Crippen LogP contribution in [0.2, 0.25) is 0 Å².